The van der Waals surface area contributed by atoms with Gasteiger partial charge in [0.05, 0.1) is 18.2 Å². The average Bonchev–Trinajstić information content (AvgIpc) is 3.17. The van der Waals surface area contributed by atoms with E-state index in [1.165, 1.54) is 6.33 Å². The summed E-state index contributed by atoms with van der Waals surface area (Å²) in [6.07, 6.45) is 4.55. The Hall–Kier alpha value is -3.37. The van der Waals surface area contributed by atoms with Crippen molar-refractivity contribution in [1.82, 2.24) is 25.2 Å². The maximum atomic E-state index is 11.2. The lowest BCUT2D eigenvalue weighted by Gasteiger charge is -2.21. The van der Waals surface area contributed by atoms with E-state index in [0.29, 0.717) is 17.3 Å². The van der Waals surface area contributed by atoms with Crippen LogP contribution in [0.5, 0.6) is 5.75 Å². The Morgan fingerprint density at radius 3 is 2.81 bits per heavy atom. The monoisotopic (exact) mass is 441 g/mol. The first kappa shape index (κ1) is 23.3. The highest BCUT2D eigenvalue weighted by molar-refractivity contribution is 5.92. The maximum Gasteiger partial charge on any atom is 0.323 e. The van der Waals surface area contributed by atoms with Gasteiger partial charge in [0.1, 0.15) is 30.1 Å². The zero-order valence-corrected chi connectivity index (χ0v) is 19.0. The molecule has 32 heavy (non-hydrogen) atoms. The van der Waals surface area contributed by atoms with Crippen molar-refractivity contribution in [2.24, 2.45) is 0 Å². The molecule has 3 aromatic rings. The molecule has 0 atom stereocenters. The number of ether oxygens (including phenoxy) is 1. The van der Waals surface area contributed by atoms with Gasteiger partial charge in [-0.2, -0.15) is 0 Å². The summed E-state index contributed by atoms with van der Waals surface area (Å²) in [6, 6.07) is 5.54. The second kappa shape index (κ2) is 10.8. The molecule has 0 amide bonds. The van der Waals surface area contributed by atoms with E-state index in [0.717, 1.165) is 48.3 Å². The number of benzene rings is 1. The van der Waals surface area contributed by atoms with Gasteiger partial charge >= 0.3 is 5.97 Å². The lowest BCUT2D eigenvalue weighted by molar-refractivity contribution is -0.135. The van der Waals surface area contributed by atoms with Gasteiger partial charge in [-0.3, -0.25) is 4.79 Å². The largest absolute Gasteiger partial charge is 0.495 e. The van der Waals surface area contributed by atoms with Gasteiger partial charge in [0.25, 0.3) is 0 Å². The molecule has 0 aliphatic heterocycles. The third-order valence-corrected chi connectivity index (χ3v) is 5.18. The first-order valence-electron chi connectivity index (χ1n) is 10.4. The number of carbonyl (C=O) groups is 1. The SMILES string of the molecule is CNCCCN(C)Cc1c[nH]c2ncnc(Nc3ccc(OC)c(N(C)CC(=O)O)c3)c12. The number of rotatable bonds is 12. The molecule has 0 fully saturated rings. The number of carboxylic acid groups (broad SMARTS) is 1. The lowest BCUT2D eigenvalue weighted by atomic mass is 10.2. The Morgan fingerprint density at radius 1 is 1.28 bits per heavy atom. The molecule has 0 bridgehead atoms. The molecule has 0 saturated carbocycles. The molecule has 0 spiro atoms. The van der Waals surface area contributed by atoms with E-state index in [1.54, 1.807) is 19.1 Å². The van der Waals surface area contributed by atoms with Crippen LogP contribution >= 0.6 is 0 Å². The zero-order valence-electron chi connectivity index (χ0n) is 19.0. The van der Waals surface area contributed by atoms with Gasteiger partial charge < -0.3 is 35.3 Å². The van der Waals surface area contributed by atoms with Crippen molar-refractivity contribution < 1.29 is 14.6 Å². The van der Waals surface area contributed by atoms with Gasteiger partial charge in [-0.1, -0.05) is 0 Å². The van der Waals surface area contributed by atoms with Gasteiger partial charge in [-0.05, 0) is 57.4 Å². The van der Waals surface area contributed by atoms with Crippen LogP contribution in [0.1, 0.15) is 12.0 Å². The molecule has 0 aliphatic rings. The Labute approximate surface area is 187 Å². The van der Waals surface area contributed by atoms with Gasteiger partial charge in [-0.25, -0.2) is 9.97 Å². The van der Waals surface area contributed by atoms with E-state index in [2.05, 4.69) is 37.5 Å². The van der Waals surface area contributed by atoms with Crippen LogP contribution in [0.15, 0.2) is 30.7 Å². The number of aromatic amines is 1. The number of aromatic nitrogens is 3. The fourth-order valence-corrected chi connectivity index (χ4v) is 3.63. The standard InChI is InChI=1S/C22H31N7O3/c1-23-8-5-9-28(2)12-15-11-24-21-20(15)22(26-14-25-21)27-16-6-7-18(32-4)17(10-16)29(3)13-19(30)31/h6-7,10-11,14,23H,5,8-9,12-13H2,1-4H3,(H,30,31)(H2,24,25,26,27). The minimum Gasteiger partial charge on any atom is -0.495 e. The summed E-state index contributed by atoms with van der Waals surface area (Å²) in [4.78, 5) is 27.1. The molecule has 0 unspecified atom stereocenters. The summed E-state index contributed by atoms with van der Waals surface area (Å²) in [5, 5.41) is 16.6. The molecular formula is C22H31N7O3. The number of fused-ring (bicyclic) bond motifs is 1. The summed E-state index contributed by atoms with van der Waals surface area (Å²) in [5.41, 5.74) is 3.31. The van der Waals surface area contributed by atoms with Crippen LogP contribution in [0.4, 0.5) is 17.2 Å². The molecule has 0 saturated heterocycles. The predicted molar refractivity (Wildman–Crippen MR) is 126 cm³/mol. The number of likely N-dealkylation sites (N-methyl/N-ethyl adjacent to an activating group) is 1. The number of hydrogen-bond donors (Lipinski definition) is 4. The van der Waals surface area contributed by atoms with Crippen LogP contribution in [0.3, 0.4) is 0 Å². The van der Waals surface area contributed by atoms with Gasteiger partial charge in [0.2, 0.25) is 0 Å². The minimum absolute atomic E-state index is 0.139. The third-order valence-electron chi connectivity index (χ3n) is 5.18. The first-order chi connectivity index (χ1) is 15.4. The Balaban J connectivity index is 1.87. The van der Waals surface area contributed by atoms with Crippen LogP contribution in [0.2, 0.25) is 0 Å². The summed E-state index contributed by atoms with van der Waals surface area (Å²) < 4.78 is 5.41. The Bertz CT molecular complexity index is 1050. The highest BCUT2D eigenvalue weighted by Gasteiger charge is 2.16. The third kappa shape index (κ3) is 5.65. The predicted octanol–water partition coefficient (Wildman–Crippen LogP) is 2.27. The summed E-state index contributed by atoms with van der Waals surface area (Å²) in [5.74, 6) is 0.366. The van der Waals surface area contributed by atoms with Gasteiger partial charge in [-0.15, -0.1) is 0 Å². The fourth-order valence-electron chi connectivity index (χ4n) is 3.63. The number of aliphatic carboxylic acids is 1. The van der Waals surface area contributed by atoms with Crippen molar-refractivity contribution in [3.63, 3.8) is 0 Å². The molecular weight excluding hydrogens is 410 g/mol. The molecule has 2 aromatic heterocycles. The molecule has 0 radical (unpaired) electrons. The van der Waals surface area contributed by atoms with Crippen molar-refractivity contribution >= 4 is 34.2 Å². The number of carboxylic acids is 1. The van der Waals surface area contributed by atoms with Crippen LogP contribution < -0.4 is 20.3 Å². The highest BCUT2D eigenvalue weighted by Crippen LogP contribution is 2.33. The van der Waals surface area contributed by atoms with Crippen molar-refractivity contribution in [3.05, 3.63) is 36.3 Å². The highest BCUT2D eigenvalue weighted by atomic mass is 16.5. The van der Waals surface area contributed by atoms with Crippen molar-refractivity contribution in [1.29, 1.82) is 0 Å². The van der Waals surface area contributed by atoms with Crippen LogP contribution in [0.25, 0.3) is 11.0 Å². The summed E-state index contributed by atoms with van der Waals surface area (Å²) in [6.45, 7) is 2.58. The van der Waals surface area contributed by atoms with E-state index in [4.69, 9.17) is 9.84 Å². The molecule has 0 aliphatic carbocycles. The number of nitrogens with zero attached hydrogens (tertiary/aromatic N) is 4. The number of methoxy groups -OCH3 is 1. The van der Waals surface area contributed by atoms with Gasteiger partial charge in [0, 0.05) is 25.5 Å². The topological polar surface area (TPSA) is 119 Å². The van der Waals surface area contributed by atoms with Crippen LogP contribution in [0, 0.1) is 0 Å². The fraction of sp³-hybridized carbons (Fsp3) is 0.409. The quantitative estimate of drug-likeness (QED) is 0.314. The molecule has 10 nitrogen and oxygen atoms in total. The van der Waals surface area contributed by atoms with Crippen LogP contribution in [-0.2, 0) is 11.3 Å². The van der Waals surface area contributed by atoms with Crippen LogP contribution in [-0.4, -0.2) is 78.8 Å². The normalized spacial score (nSPS) is 11.2. The molecule has 1 aromatic carbocycles. The first-order valence-corrected chi connectivity index (χ1v) is 10.4. The number of H-pyrrole nitrogens is 1. The second-order valence-electron chi connectivity index (χ2n) is 7.72. The molecule has 2 heterocycles. The maximum absolute atomic E-state index is 11.2. The van der Waals surface area contributed by atoms with Crippen molar-refractivity contribution in [2.75, 3.05) is 58.1 Å². The minimum atomic E-state index is -0.916. The van der Waals surface area contributed by atoms with Crippen molar-refractivity contribution in [2.45, 2.75) is 13.0 Å². The van der Waals surface area contributed by atoms with Crippen molar-refractivity contribution in [3.8, 4) is 5.75 Å². The Kier molecular flexibility index (Phi) is 7.85. The average molecular weight is 442 g/mol. The summed E-state index contributed by atoms with van der Waals surface area (Å²) in [7, 11) is 7.33. The molecule has 3 rings (SSSR count). The van der Waals surface area contributed by atoms with E-state index in [9.17, 15) is 4.79 Å². The van der Waals surface area contributed by atoms with E-state index >= 15 is 0 Å². The molecule has 4 N–H and O–H groups in total. The van der Waals surface area contributed by atoms with Gasteiger partial charge in [0.15, 0.2) is 0 Å². The molecule has 10 heteroatoms. The Morgan fingerprint density at radius 2 is 2.09 bits per heavy atom. The molecule has 172 valence electrons. The second-order valence-corrected chi connectivity index (χ2v) is 7.72. The number of nitrogens with one attached hydrogen (secondary N) is 3. The van der Waals surface area contributed by atoms with E-state index in [1.807, 2.05) is 31.4 Å². The summed E-state index contributed by atoms with van der Waals surface area (Å²) >= 11 is 0. The van der Waals surface area contributed by atoms with E-state index in [-0.39, 0.29) is 6.54 Å². The number of hydrogen-bond acceptors (Lipinski definition) is 8. The van der Waals surface area contributed by atoms with E-state index < -0.39 is 5.97 Å². The lowest BCUT2D eigenvalue weighted by Crippen LogP contribution is -2.25. The number of anilines is 3. The zero-order chi connectivity index (χ0) is 23.1. The smallest absolute Gasteiger partial charge is 0.323 e.